The first kappa shape index (κ1) is 12.6. The van der Waals surface area contributed by atoms with E-state index in [0.717, 1.165) is 5.56 Å². The van der Waals surface area contributed by atoms with Crippen LogP contribution in [0.3, 0.4) is 0 Å². The molecule has 96 valence electrons. The van der Waals surface area contributed by atoms with Gasteiger partial charge in [0.1, 0.15) is 6.61 Å². The number of ether oxygens (including phenoxy) is 1. The second-order valence-corrected chi connectivity index (χ2v) is 4.18. The van der Waals surface area contributed by atoms with E-state index in [9.17, 15) is 9.50 Å². The maximum atomic E-state index is 13.7. The SMILES string of the molecule is C[C@H](O)c1ccc(OCc2cnn(C)c2)c(F)c1. The van der Waals surface area contributed by atoms with E-state index in [4.69, 9.17) is 4.74 Å². The van der Waals surface area contributed by atoms with Crippen LogP contribution in [0.2, 0.25) is 0 Å². The Morgan fingerprint density at radius 2 is 2.28 bits per heavy atom. The summed E-state index contributed by atoms with van der Waals surface area (Å²) >= 11 is 0. The van der Waals surface area contributed by atoms with E-state index in [1.54, 1.807) is 23.9 Å². The highest BCUT2D eigenvalue weighted by Gasteiger charge is 2.08. The molecule has 0 amide bonds. The number of hydrogen-bond acceptors (Lipinski definition) is 3. The average Bonchev–Trinajstić information content (AvgIpc) is 2.73. The molecule has 0 aliphatic heterocycles. The lowest BCUT2D eigenvalue weighted by molar-refractivity contribution is 0.198. The molecule has 0 bridgehead atoms. The molecule has 0 spiro atoms. The molecule has 1 N–H and O–H groups in total. The predicted octanol–water partition coefficient (Wildman–Crippen LogP) is 2.19. The summed E-state index contributed by atoms with van der Waals surface area (Å²) in [5.74, 6) is -0.305. The highest BCUT2D eigenvalue weighted by molar-refractivity contribution is 5.30. The van der Waals surface area contributed by atoms with Crippen LogP contribution in [0.1, 0.15) is 24.2 Å². The molecular formula is C13H15FN2O2. The Labute approximate surface area is 105 Å². The molecule has 0 saturated carbocycles. The normalized spacial score (nSPS) is 12.4. The van der Waals surface area contributed by atoms with Crippen molar-refractivity contribution in [3.63, 3.8) is 0 Å². The molecule has 1 atom stereocenters. The Balaban J connectivity index is 2.05. The van der Waals surface area contributed by atoms with Gasteiger partial charge in [-0.3, -0.25) is 4.68 Å². The van der Waals surface area contributed by atoms with E-state index in [-0.39, 0.29) is 12.4 Å². The molecule has 1 aromatic heterocycles. The Bertz CT molecular complexity index is 538. The second kappa shape index (κ2) is 5.18. The molecule has 2 rings (SSSR count). The molecule has 4 nitrogen and oxygen atoms in total. The largest absolute Gasteiger partial charge is 0.486 e. The molecule has 5 heteroatoms. The van der Waals surface area contributed by atoms with E-state index in [0.29, 0.717) is 5.56 Å². The fourth-order valence-corrected chi connectivity index (χ4v) is 1.60. The van der Waals surface area contributed by atoms with Gasteiger partial charge in [-0.2, -0.15) is 5.10 Å². The van der Waals surface area contributed by atoms with E-state index in [2.05, 4.69) is 5.10 Å². The number of aliphatic hydroxyl groups excluding tert-OH is 1. The van der Waals surface area contributed by atoms with Crippen LogP contribution < -0.4 is 4.74 Å². The predicted molar refractivity (Wildman–Crippen MR) is 64.6 cm³/mol. The number of aromatic nitrogens is 2. The smallest absolute Gasteiger partial charge is 0.165 e. The zero-order valence-corrected chi connectivity index (χ0v) is 10.3. The monoisotopic (exact) mass is 250 g/mol. The van der Waals surface area contributed by atoms with Crippen LogP contribution in [0.5, 0.6) is 5.75 Å². The maximum Gasteiger partial charge on any atom is 0.165 e. The molecule has 2 aromatic rings. The minimum Gasteiger partial charge on any atom is -0.486 e. The van der Waals surface area contributed by atoms with Crippen molar-refractivity contribution in [2.24, 2.45) is 7.05 Å². The van der Waals surface area contributed by atoms with Gasteiger partial charge in [-0.1, -0.05) is 6.07 Å². The Kier molecular flexibility index (Phi) is 3.62. The van der Waals surface area contributed by atoms with Crippen LogP contribution in [-0.2, 0) is 13.7 Å². The van der Waals surface area contributed by atoms with Crippen molar-refractivity contribution in [2.75, 3.05) is 0 Å². The highest BCUT2D eigenvalue weighted by atomic mass is 19.1. The third kappa shape index (κ3) is 2.87. The summed E-state index contributed by atoms with van der Waals surface area (Å²) in [6, 6.07) is 4.45. The summed E-state index contributed by atoms with van der Waals surface area (Å²) < 4.78 is 20.7. The van der Waals surface area contributed by atoms with Crippen molar-refractivity contribution in [3.05, 3.63) is 47.5 Å². The van der Waals surface area contributed by atoms with Crippen LogP contribution in [-0.4, -0.2) is 14.9 Å². The van der Waals surface area contributed by atoms with Crippen LogP contribution in [0.15, 0.2) is 30.6 Å². The third-order valence-electron chi connectivity index (χ3n) is 2.59. The van der Waals surface area contributed by atoms with Crippen molar-refractivity contribution in [1.29, 1.82) is 0 Å². The van der Waals surface area contributed by atoms with Crippen molar-refractivity contribution in [2.45, 2.75) is 19.6 Å². The van der Waals surface area contributed by atoms with Gasteiger partial charge in [-0.25, -0.2) is 4.39 Å². The zero-order valence-electron chi connectivity index (χ0n) is 10.3. The first-order valence-corrected chi connectivity index (χ1v) is 5.64. The minimum absolute atomic E-state index is 0.170. The lowest BCUT2D eigenvalue weighted by Gasteiger charge is -2.09. The summed E-state index contributed by atoms with van der Waals surface area (Å²) in [5.41, 5.74) is 1.40. The van der Waals surface area contributed by atoms with Crippen molar-refractivity contribution < 1.29 is 14.2 Å². The summed E-state index contributed by atoms with van der Waals surface area (Å²) in [6.07, 6.45) is 2.79. The van der Waals surface area contributed by atoms with E-state index in [1.807, 2.05) is 13.2 Å². The Hall–Kier alpha value is -1.88. The van der Waals surface area contributed by atoms with Crippen molar-refractivity contribution in [3.8, 4) is 5.75 Å². The summed E-state index contributed by atoms with van der Waals surface area (Å²) in [7, 11) is 1.81. The van der Waals surface area contributed by atoms with E-state index in [1.165, 1.54) is 12.1 Å². The lowest BCUT2D eigenvalue weighted by Crippen LogP contribution is -1.98. The van der Waals surface area contributed by atoms with Gasteiger partial charge in [-0.05, 0) is 24.6 Å². The van der Waals surface area contributed by atoms with Crippen LogP contribution in [0, 0.1) is 5.82 Å². The van der Waals surface area contributed by atoms with Crippen molar-refractivity contribution in [1.82, 2.24) is 9.78 Å². The molecule has 1 heterocycles. The van der Waals surface area contributed by atoms with Crippen LogP contribution >= 0.6 is 0 Å². The molecule has 0 aliphatic rings. The summed E-state index contributed by atoms with van der Waals surface area (Å²) in [4.78, 5) is 0. The number of aryl methyl sites for hydroxylation is 1. The number of hydrogen-bond donors (Lipinski definition) is 1. The fraction of sp³-hybridized carbons (Fsp3) is 0.308. The molecule has 0 aliphatic carbocycles. The topological polar surface area (TPSA) is 47.3 Å². The second-order valence-electron chi connectivity index (χ2n) is 4.18. The molecular weight excluding hydrogens is 235 g/mol. The van der Waals surface area contributed by atoms with E-state index < -0.39 is 11.9 Å². The van der Waals surface area contributed by atoms with Gasteiger partial charge in [0.25, 0.3) is 0 Å². The van der Waals surface area contributed by atoms with Gasteiger partial charge < -0.3 is 9.84 Å². The van der Waals surface area contributed by atoms with Gasteiger partial charge in [0.15, 0.2) is 11.6 Å². The van der Waals surface area contributed by atoms with E-state index >= 15 is 0 Å². The first-order chi connectivity index (χ1) is 8.56. The quantitative estimate of drug-likeness (QED) is 0.904. The molecule has 0 fully saturated rings. The van der Waals surface area contributed by atoms with Gasteiger partial charge in [0.05, 0.1) is 12.3 Å². The molecule has 1 aromatic carbocycles. The molecule has 0 unspecified atom stereocenters. The highest BCUT2D eigenvalue weighted by Crippen LogP contribution is 2.22. The van der Waals surface area contributed by atoms with Gasteiger partial charge in [-0.15, -0.1) is 0 Å². The molecule has 18 heavy (non-hydrogen) atoms. The number of benzene rings is 1. The van der Waals surface area contributed by atoms with Crippen molar-refractivity contribution >= 4 is 0 Å². The number of rotatable bonds is 4. The van der Waals surface area contributed by atoms with Crippen LogP contribution in [0.25, 0.3) is 0 Å². The number of aliphatic hydroxyl groups is 1. The Morgan fingerprint density at radius 1 is 1.50 bits per heavy atom. The fourth-order valence-electron chi connectivity index (χ4n) is 1.60. The average molecular weight is 250 g/mol. The third-order valence-corrected chi connectivity index (χ3v) is 2.59. The first-order valence-electron chi connectivity index (χ1n) is 5.64. The number of nitrogens with zero attached hydrogens (tertiary/aromatic N) is 2. The van der Waals surface area contributed by atoms with Crippen LogP contribution in [0.4, 0.5) is 4.39 Å². The number of halogens is 1. The van der Waals surface area contributed by atoms with Gasteiger partial charge in [0.2, 0.25) is 0 Å². The molecule has 0 radical (unpaired) electrons. The maximum absolute atomic E-state index is 13.7. The summed E-state index contributed by atoms with van der Waals surface area (Å²) in [5, 5.41) is 13.3. The summed E-state index contributed by atoms with van der Waals surface area (Å²) in [6.45, 7) is 1.85. The minimum atomic E-state index is -0.688. The zero-order chi connectivity index (χ0) is 13.1. The Morgan fingerprint density at radius 3 is 2.83 bits per heavy atom. The molecule has 0 saturated heterocycles. The lowest BCUT2D eigenvalue weighted by atomic mass is 10.1. The van der Waals surface area contributed by atoms with Gasteiger partial charge >= 0.3 is 0 Å². The van der Waals surface area contributed by atoms with Gasteiger partial charge in [0, 0.05) is 18.8 Å². The standard InChI is InChI=1S/C13H15FN2O2/c1-9(17)11-3-4-13(12(14)5-11)18-8-10-6-15-16(2)7-10/h3-7,9,17H,8H2,1-2H3/t9-/m0/s1.